The fourth-order valence-electron chi connectivity index (χ4n) is 7.52. The number of rotatable bonds is 1. The number of anilines is 3. The molecule has 44 heavy (non-hydrogen) atoms. The molecule has 2 aliphatic rings. The van der Waals surface area contributed by atoms with Gasteiger partial charge in [0.05, 0.1) is 5.66 Å². The zero-order valence-corrected chi connectivity index (χ0v) is 28.4. The summed E-state index contributed by atoms with van der Waals surface area (Å²) in [6.45, 7) is 25.6. The first-order chi connectivity index (χ1) is 20.5. The minimum atomic E-state index is -0.243. The van der Waals surface area contributed by atoms with E-state index >= 15 is 0 Å². The summed E-state index contributed by atoms with van der Waals surface area (Å²) < 4.78 is 6.97. The van der Waals surface area contributed by atoms with Crippen LogP contribution in [0.1, 0.15) is 104 Å². The minimum Gasteiger partial charge on any atom is -0.470 e. The van der Waals surface area contributed by atoms with E-state index in [1.807, 2.05) is 0 Å². The van der Waals surface area contributed by atoms with Crippen molar-refractivity contribution in [3.63, 3.8) is 0 Å². The molecule has 224 valence electrons. The summed E-state index contributed by atoms with van der Waals surface area (Å²) in [7, 11) is 0. The van der Waals surface area contributed by atoms with Crippen LogP contribution in [0.2, 0.25) is 0 Å². The molecule has 0 saturated carbocycles. The number of nitrogens with zero attached hydrogens (tertiary/aromatic N) is 1. The summed E-state index contributed by atoms with van der Waals surface area (Å²) in [6.07, 6.45) is 0. The van der Waals surface area contributed by atoms with E-state index in [0.717, 1.165) is 11.2 Å². The molecule has 4 aromatic carbocycles. The van der Waals surface area contributed by atoms with Gasteiger partial charge in [-0.1, -0.05) is 119 Å². The maximum atomic E-state index is 6.97. The minimum absolute atomic E-state index is 0.00597. The van der Waals surface area contributed by atoms with E-state index in [4.69, 9.17) is 4.42 Å². The Balaban J connectivity index is 1.57. The van der Waals surface area contributed by atoms with E-state index in [2.05, 4.69) is 160 Å². The van der Waals surface area contributed by atoms with Crippen LogP contribution in [0, 0.1) is 0 Å². The van der Waals surface area contributed by atoms with Crippen LogP contribution in [0.4, 0.5) is 17.1 Å². The van der Waals surface area contributed by atoms with Crippen LogP contribution in [0.15, 0.2) is 83.3 Å². The Bertz CT molecular complexity index is 1940. The lowest BCUT2D eigenvalue weighted by atomic mass is 9.32. The van der Waals surface area contributed by atoms with Gasteiger partial charge in [0.15, 0.2) is 0 Å². The molecule has 0 fully saturated rings. The van der Waals surface area contributed by atoms with E-state index in [0.29, 0.717) is 0 Å². The molecule has 0 radical (unpaired) electrons. The van der Waals surface area contributed by atoms with Crippen LogP contribution in [0.3, 0.4) is 0 Å². The second-order valence-electron chi connectivity index (χ2n) is 16.8. The smallest absolute Gasteiger partial charge is 0.292 e. The third kappa shape index (κ3) is 4.22. The molecule has 0 aliphatic carbocycles. The molecule has 0 bridgehead atoms. The van der Waals surface area contributed by atoms with Crippen molar-refractivity contribution in [2.24, 2.45) is 0 Å². The molecule has 5 aromatic rings. The number of hydrogen-bond acceptors (Lipinski definition) is 2. The summed E-state index contributed by atoms with van der Waals surface area (Å²) in [5, 5.41) is 1.25. The van der Waals surface area contributed by atoms with Crippen LogP contribution in [0.25, 0.3) is 11.0 Å². The predicted octanol–water partition coefficient (Wildman–Crippen LogP) is 9.26. The van der Waals surface area contributed by atoms with E-state index in [1.165, 1.54) is 61.2 Å². The van der Waals surface area contributed by atoms with Crippen molar-refractivity contribution in [2.75, 3.05) is 4.90 Å². The molecule has 0 amide bonds. The third-order valence-corrected chi connectivity index (χ3v) is 10.2. The Kier molecular flexibility index (Phi) is 6.04. The van der Waals surface area contributed by atoms with Crippen LogP contribution >= 0.6 is 0 Å². The summed E-state index contributed by atoms with van der Waals surface area (Å²) in [4.78, 5) is 2.51. The predicted molar refractivity (Wildman–Crippen MR) is 190 cm³/mol. The quantitative estimate of drug-likeness (QED) is 0.181. The normalized spacial score (nSPS) is 15.7. The molecule has 0 saturated heterocycles. The molecule has 0 unspecified atom stereocenters. The van der Waals surface area contributed by atoms with Gasteiger partial charge in [-0.2, -0.15) is 0 Å². The van der Waals surface area contributed by atoms with Crippen molar-refractivity contribution in [3.05, 3.63) is 107 Å². The van der Waals surface area contributed by atoms with Gasteiger partial charge < -0.3 is 9.32 Å². The SMILES string of the molecule is CC(C)(C)c1ccc(N2c3ccccc3B3c4oc5ccc(C(C)(C)C)cc5c4C(C)(C)c4cc(C(C)(C)C)cc2c43)cc1. The van der Waals surface area contributed by atoms with Crippen molar-refractivity contribution < 1.29 is 4.42 Å². The van der Waals surface area contributed by atoms with Crippen LogP contribution in [-0.4, -0.2) is 6.71 Å². The van der Waals surface area contributed by atoms with Gasteiger partial charge in [0.25, 0.3) is 6.71 Å². The third-order valence-electron chi connectivity index (χ3n) is 10.2. The van der Waals surface area contributed by atoms with Gasteiger partial charge in [0.1, 0.15) is 5.58 Å². The lowest BCUT2D eigenvalue weighted by Crippen LogP contribution is -2.63. The molecule has 2 nitrogen and oxygen atoms in total. The molecule has 0 N–H and O–H groups in total. The number of hydrogen-bond donors (Lipinski definition) is 0. The lowest BCUT2D eigenvalue weighted by Gasteiger charge is -2.44. The molecular weight excluding hydrogens is 533 g/mol. The average Bonchev–Trinajstić information content (AvgIpc) is 3.33. The zero-order chi connectivity index (χ0) is 31.6. The first-order valence-electron chi connectivity index (χ1n) is 16.2. The Labute approximate surface area is 264 Å². The van der Waals surface area contributed by atoms with Crippen LogP contribution < -0.4 is 21.5 Å². The highest BCUT2D eigenvalue weighted by Crippen LogP contribution is 2.47. The van der Waals surface area contributed by atoms with Gasteiger partial charge in [-0.15, -0.1) is 0 Å². The summed E-state index contributed by atoms with van der Waals surface area (Å²) in [5.41, 5.74) is 15.2. The highest BCUT2D eigenvalue weighted by Gasteiger charge is 2.49. The largest absolute Gasteiger partial charge is 0.470 e. The molecule has 2 aliphatic heterocycles. The first-order valence-corrected chi connectivity index (χ1v) is 16.2. The van der Waals surface area contributed by atoms with Crippen molar-refractivity contribution >= 4 is 51.3 Å². The second-order valence-corrected chi connectivity index (χ2v) is 16.8. The fraction of sp³-hybridized carbons (Fsp3) is 0.366. The molecule has 7 rings (SSSR count). The van der Waals surface area contributed by atoms with Crippen LogP contribution in [-0.2, 0) is 21.7 Å². The molecule has 1 aromatic heterocycles. The number of fused-ring (bicyclic) bond motifs is 6. The topological polar surface area (TPSA) is 16.4 Å². The van der Waals surface area contributed by atoms with Crippen molar-refractivity contribution in [1.82, 2.24) is 0 Å². The van der Waals surface area contributed by atoms with Gasteiger partial charge >= 0.3 is 0 Å². The van der Waals surface area contributed by atoms with Crippen molar-refractivity contribution in [1.29, 1.82) is 0 Å². The first kappa shape index (κ1) is 29.0. The molecule has 3 heterocycles. The second kappa shape index (κ2) is 9.16. The zero-order valence-electron chi connectivity index (χ0n) is 28.4. The number of furan rings is 1. The Hall–Kier alpha value is -3.72. The van der Waals surface area contributed by atoms with Gasteiger partial charge in [-0.25, -0.2) is 0 Å². The summed E-state index contributed by atoms with van der Waals surface area (Å²) >= 11 is 0. The van der Waals surface area contributed by atoms with E-state index in [-0.39, 0.29) is 28.4 Å². The number of para-hydroxylation sites is 1. The summed E-state index contributed by atoms with van der Waals surface area (Å²) in [6, 6.07) is 30.0. The van der Waals surface area contributed by atoms with Gasteiger partial charge in [-0.05, 0) is 85.8 Å². The highest BCUT2D eigenvalue weighted by atomic mass is 16.3. The number of benzene rings is 4. The highest BCUT2D eigenvalue weighted by molar-refractivity contribution is 6.98. The Morgan fingerprint density at radius 1 is 0.636 bits per heavy atom. The van der Waals surface area contributed by atoms with Crippen molar-refractivity contribution in [2.45, 2.75) is 97.8 Å². The Morgan fingerprint density at radius 2 is 1.25 bits per heavy atom. The van der Waals surface area contributed by atoms with E-state index in [1.54, 1.807) is 0 Å². The Morgan fingerprint density at radius 3 is 1.89 bits per heavy atom. The van der Waals surface area contributed by atoms with Crippen LogP contribution in [0.5, 0.6) is 0 Å². The van der Waals surface area contributed by atoms with Gasteiger partial charge in [0.2, 0.25) is 0 Å². The monoisotopic (exact) mass is 579 g/mol. The molecular formula is C41H46BNO. The standard InChI is InChI=1S/C41H46BNO/c1-38(2,3)25-16-19-28(20-17-25)43-32-15-13-12-14-31(32)42-36-30(23-27(24-33(36)43)40(7,8)9)41(10,11)35-29-22-26(39(4,5)6)18-21-34(29)44-37(35)42/h12-24H,1-11H3. The summed E-state index contributed by atoms with van der Waals surface area (Å²) in [5.74, 6) is 0. The maximum absolute atomic E-state index is 6.97. The van der Waals surface area contributed by atoms with E-state index in [9.17, 15) is 0 Å². The fourth-order valence-corrected chi connectivity index (χ4v) is 7.52. The molecule has 0 atom stereocenters. The molecule has 0 spiro atoms. The maximum Gasteiger partial charge on any atom is 0.292 e. The van der Waals surface area contributed by atoms with Gasteiger partial charge in [-0.3, -0.25) is 0 Å². The average molecular weight is 580 g/mol. The molecule has 3 heteroatoms. The lowest BCUT2D eigenvalue weighted by molar-refractivity contribution is 0.579. The van der Waals surface area contributed by atoms with Crippen molar-refractivity contribution in [3.8, 4) is 0 Å². The van der Waals surface area contributed by atoms with Gasteiger partial charge in [0, 0.05) is 33.4 Å². The van der Waals surface area contributed by atoms with E-state index < -0.39 is 0 Å².